The summed E-state index contributed by atoms with van der Waals surface area (Å²) in [6.45, 7) is -0.330. The number of aromatic nitrogens is 2. The van der Waals surface area contributed by atoms with Gasteiger partial charge >= 0.3 is 11.9 Å². The van der Waals surface area contributed by atoms with Crippen LogP contribution in [-0.4, -0.2) is 21.7 Å². The van der Waals surface area contributed by atoms with Gasteiger partial charge in [-0.3, -0.25) is 14.5 Å². The van der Waals surface area contributed by atoms with E-state index in [9.17, 15) is 31.9 Å². The zero-order valence-electron chi connectivity index (χ0n) is 13.7. The minimum absolute atomic E-state index is 0.0463. The lowest BCUT2D eigenvalue weighted by molar-refractivity contribution is -0.143. The lowest BCUT2D eigenvalue weighted by Crippen LogP contribution is -2.54. The monoisotopic (exact) mass is 398 g/mol. The van der Waals surface area contributed by atoms with E-state index in [0.717, 1.165) is 17.0 Å². The topological polar surface area (TPSA) is 99.6 Å². The summed E-state index contributed by atoms with van der Waals surface area (Å²) in [7, 11) is 0. The van der Waals surface area contributed by atoms with Crippen LogP contribution in [0.5, 0.6) is 5.75 Å². The molecule has 0 fully saturated rings. The quantitative estimate of drug-likeness (QED) is 0.450. The Morgan fingerprint density at radius 1 is 1.21 bits per heavy atom. The van der Waals surface area contributed by atoms with Gasteiger partial charge in [0.05, 0.1) is 12.2 Å². The Hall–Kier alpha value is -3.75. The van der Waals surface area contributed by atoms with Crippen LogP contribution in [0.15, 0.2) is 33.9 Å². The number of terminal acetylenes is 1. The summed E-state index contributed by atoms with van der Waals surface area (Å²) < 4.78 is 57.3. The summed E-state index contributed by atoms with van der Waals surface area (Å²) in [6.07, 6.45) is -1.91. The lowest BCUT2D eigenvalue weighted by Gasteiger charge is -2.33. The zero-order valence-corrected chi connectivity index (χ0v) is 13.7. The van der Waals surface area contributed by atoms with Crippen molar-refractivity contribution in [1.29, 1.82) is 0 Å². The highest BCUT2D eigenvalue weighted by Gasteiger charge is 2.40. The van der Waals surface area contributed by atoms with Gasteiger partial charge in [0.2, 0.25) is 0 Å². The maximum Gasteiger partial charge on any atom is 0.433 e. The van der Waals surface area contributed by atoms with Crippen molar-refractivity contribution in [1.82, 2.24) is 9.24 Å². The molecule has 1 aromatic carbocycles. The first-order valence-corrected chi connectivity index (χ1v) is 7.48. The van der Waals surface area contributed by atoms with E-state index in [4.69, 9.17) is 17.0 Å². The number of hydrogen-bond donors (Lipinski definition) is 1. The van der Waals surface area contributed by atoms with Crippen molar-refractivity contribution in [3.8, 4) is 18.1 Å². The number of nitrogen functional groups attached to an aromatic ring is 1. The Labute approximate surface area is 153 Å². The maximum absolute atomic E-state index is 13.5. The van der Waals surface area contributed by atoms with Gasteiger partial charge in [-0.15, -0.1) is 6.42 Å². The smallest absolute Gasteiger partial charge is 0.433 e. The van der Waals surface area contributed by atoms with Gasteiger partial charge in [0.15, 0.2) is 5.69 Å². The number of fused-ring (bicyclic) bond motifs is 1. The maximum atomic E-state index is 13.5. The molecule has 1 aliphatic heterocycles. The summed E-state index contributed by atoms with van der Waals surface area (Å²) in [4.78, 5) is 38.1. The number of alkyl halides is 3. The number of ether oxygens (including phenoxy) is 1. The summed E-state index contributed by atoms with van der Waals surface area (Å²) in [5.41, 5.74) is -4.79. The fourth-order valence-corrected chi connectivity index (χ4v) is 2.65. The summed E-state index contributed by atoms with van der Waals surface area (Å²) in [5.74, 6) is 5.31. The number of hydrogen-bond acceptors (Lipinski definition) is 5. The Kier molecular flexibility index (Phi) is 4.38. The molecule has 0 radical (unpaired) electrons. The van der Waals surface area contributed by atoms with Crippen LogP contribution < -0.4 is 26.7 Å². The molecule has 146 valence electrons. The van der Waals surface area contributed by atoms with Crippen LogP contribution in [0.4, 0.5) is 23.2 Å². The molecule has 0 saturated heterocycles. The van der Waals surface area contributed by atoms with Crippen LogP contribution in [0.1, 0.15) is 11.9 Å². The number of nitrogens with zero attached hydrogens (tertiary/aromatic N) is 3. The van der Waals surface area contributed by atoms with Gasteiger partial charge in [-0.2, -0.15) is 13.2 Å². The normalized spacial score (nSPS) is 16.3. The van der Waals surface area contributed by atoms with Gasteiger partial charge in [-0.25, -0.2) is 18.4 Å². The molecule has 1 aromatic heterocycles. The van der Waals surface area contributed by atoms with Crippen molar-refractivity contribution in [2.45, 2.75) is 12.4 Å². The fraction of sp³-hybridized carbons (Fsp3) is 0.188. The van der Waals surface area contributed by atoms with Crippen LogP contribution >= 0.6 is 0 Å². The number of carbonyl (C=O) groups is 1. The molecular formula is C16H10F4N4O4. The van der Waals surface area contributed by atoms with Gasteiger partial charge < -0.3 is 10.6 Å². The standard InChI is InChI=1S/C16H10F4N4O4/c1-2-5-22-9-4-3-8(17)6-10(9)28-14(13(22)26)23-12(25)7-11(16(18,19)20)24(21)15(23)27/h1,3-4,6-7,14H,5,21H2. The predicted molar refractivity (Wildman–Crippen MR) is 87.4 cm³/mol. The van der Waals surface area contributed by atoms with Crippen LogP contribution in [0, 0.1) is 18.2 Å². The number of amides is 1. The number of benzene rings is 1. The molecular weight excluding hydrogens is 388 g/mol. The van der Waals surface area contributed by atoms with Crippen molar-refractivity contribution in [2.75, 3.05) is 17.3 Å². The number of rotatable bonds is 2. The number of anilines is 1. The third-order valence-corrected chi connectivity index (χ3v) is 3.87. The van der Waals surface area contributed by atoms with Crippen LogP contribution in [0.2, 0.25) is 0 Å². The van der Waals surface area contributed by atoms with Crippen LogP contribution in [0.25, 0.3) is 0 Å². The van der Waals surface area contributed by atoms with E-state index < -0.39 is 41.1 Å². The average molecular weight is 398 g/mol. The second kappa shape index (κ2) is 6.45. The predicted octanol–water partition coefficient (Wildman–Crippen LogP) is 0.439. The van der Waals surface area contributed by atoms with E-state index in [0.29, 0.717) is 0 Å². The molecule has 1 aliphatic rings. The van der Waals surface area contributed by atoms with E-state index >= 15 is 0 Å². The third-order valence-electron chi connectivity index (χ3n) is 3.87. The van der Waals surface area contributed by atoms with Gasteiger partial charge in [-0.1, -0.05) is 5.92 Å². The Morgan fingerprint density at radius 2 is 1.89 bits per heavy atom. The minimum atomic E-state index is -5.09. The summed E-state index contributed by atoms with van der Waals surface area (Å²) >= 11 is 0. The van der Waals surface area contributed by atoms with E-state index in [-0.39, 0.29) is 33.3 Å². The molecule has 2 heterocycles. The molecule has 0 bridgehead atoms. The van der Waals surface area contributed by atoms with E-state index in [1.54, 1.807) is 0 Å². The largest absolute Gasteiger partial charge is 0.458 e. The van der Waals surface area contributed by atoms with Crippen LogP contribution in [-0.2, 0) is 11.0 Å². The second-order valence-corrected chi connectivity index (χ2v) is 5.60. The van der Waals surface area contributed by atoms with E-state index in [1.165, 1.54) is 6.07 Å². The van der Waals surface area contributed by atoms with Crippen molar-refractivity contribution < 1.29 is 27.1 Å². The van der Waals surface area contributed by atoms with Crippen molar-refractivity contribution in [2.24, 2.45) is 0 Å². The highest BCUT2D eigenvalue weighted by atomic mass is 19.4. The van der Waals surface area contributed by atoms with Gasteiger partial charge in [-0.05, 0) is 12.1 Å². The molecule has 1 amide bonds. The van der Waals surface area contributed by atoms with E-state index in [2.05, 4.69) is 5.92 Å². The molecule has 1 unspecified atom stereocenters. The zero-order chi connectivity index (χ0) is 20.8. The molecule has 0 saturated carbocycles. The average Bonchev–Trinajstić information content (AvgIpc) is 2.60. The van der Waals surface area contributed by atoms with E-state index in [1.807, 2.05) is 0 Å². The third kappa shape index (κ3) is 2.96. The Morgan fingerprint density at radius 3 is 2.50 bits per heavy atom. The highest BCUT2D eigenvalue weighted by Crippen LogP contribution is 2.37. The number of nitrogens with two attached hydrogens (primary N) is 1. The van der Waals surface area contributed by atoms with Crippen molar-refractivity contribution in [3.05, 3.63) is 56.6 Å². The second-order valence-electron chi connectivity index (χ2n) is 5.60. The molecule has 0 spiro atoms. The van der Waals surface area contributed by atoms with Gasteiger partial charge in [0, 0.05) is 12.1 Å². The number of halogens is 4. The van der Waals surface area contributed by atoms with Crippen molar-refractivity contribution >= 4 is 11.6 Å². The van der Waals surface area contributed by atoms with Gasteiger partial charge in [0.1, 0.15) is 11.6 Å². The molecule has 28 heavy (non-hydrogen) atoms. The Balaban J connectivity index is 2.21. The first-order valence-electron chi connectivity index (χ1n) is 7.48. The molecule has 12 heteroatoms. The molecule has 8 nitrogen and oxygen atoms in total. The molecule has 2 aromatic rings. The fourth-order valence-electron chi connectivity index (χ4n) is 2.65. The molecule has 1 atom stereocenters. The lowest BCUT2D eigenvalue weighted by atomic mass is 10.2. The first-order chi connectivity index (χ1) is 13.1. The van der Waals surface area contributed by atoms with Crippen LogP contribution in [0.3, 0.4) is 0 Å². The molecule has 3 rings (SSSR count). The Bertz CT molecular complexity index is 1130. The summed E-state index contributed by atoms with van der Waals surface area (Å²) in [5, 5.41) is 0. The highest BCUT2D eigenvalue weighted by molar-refractivity contribution is 5.99. The number of carbonyl (C=O) groups excluding carboxylic acids is 1. The SMILES string of the molecule is C#CCN1C(=O)C(n2c(=O)cc(C(F)(F)F)n(N)c2=O)Oc2cc(F)ccc21. The summed E-state index contributed by atoms with van der Waals surface area (Å²) in [6, 6.07) is 3.13. The minimum Gasteiger partial charge on any atom is -0.458 e. The van der Waals surface area contributed by atoms with Crippen molar-refractivity contribution in [3.63, 3.8) is 0 Å². The first kappa shape index (κ1) is 19.0. The molecule has 0 aliphatic carbocycles. The molecule has 2 N–H and O–H groups in total. The van der Waals surface area contributed by atoms with Gasteiger partial charge in [0.25, 0.3) is 17.7 Å².